The van der Waals surface area contributed by atoms with Crippen LogP contribution >= 0.6 is 11.3 Å². The van der Waals surface area contributed by atoms with Gasteiger partial charge in [-0.15, -0.1) is 0 Å². The fraction of sp³-hybridized carbons (Fsp3) is 0.100. The van der Waals surface area contributed by atoms with Crippen molar-refractivity contribution in [2.75, 3.05) is 11.2 Å². The molecule has 4 aromatic rings. The SMILES string of the molecule is CS(=O)(=O)c1ccc2nc(N(Cc3ccco3)C(=O)c3cccc(F)c3)sc2c1. The molecule has 0 spiro atoms. The highest BCUT2D eigenvalue weighted by atomic mass is 32.2. The molecule has 0 N–H and O–H groups in total. The number of hydrogen-bond acceptors (Lipinski definition) is 6. The summed E-state index contributed by atoms with van der Waals surface area (Å²) in [4.78, 5) is 19.2. The molecule has 148 valence electrons. The van der Waals surface area contributed by atoms with Gasteiger partial charge in [0.1, 0.15) is 11.6 Å². The summed E-state index contributed by atoms with van der Waals surface area (Å²) in [6.45, 7) is 0.0983. The van der Waals surface area contributed by atoms with E-state index in [0.717, 1.165) is 12.3 Å². The van der Waals surface area contributed by atoms with E-state index in [9.17, 15) is 17.6 Å². The van der Waals surface area contributed by atoms with Gasteiger partial charge in [-0.3, -0.25) is 9.69 Å². The van der Waals surface area contributed by atoms with E-state index < -0.39 is 21.6 Å². The topological polar surface area (TPSA) is 80.5 Å². The van der Waals surface area contributed by atoms with Crippen LogP contribution in [0.3, 0.4) is 0 Å². The van der Waals surface area contributed by atoms with Gasteiger partial charge in [-0.2, -0.15) is 0 Å². The molecule has 4 rings (SSSR count). The zero-order chi connectivity index (χ0) is 20.6. The number of furan rings is 1. The number of sulfone groups is 1. The van der Waals surface area contributed by atoms with Gasteiger partial charge >= 0.3 is 0 Å². The Hall–Kier alpha value is -3.04. The summed E-state index contributed by atoms with van der Waals surface area (Å²) in [5.41, 5.74) is 0.738. The molecule has 0 aliphatic heterocycles. The summed E-state index contributed by atoms with van der Waals surface area (Å²) >= 11 is 1.18. The number of thiazole rings is 1. The van der Waals surface area contributed by atoms with Crippen LogP contribution in [-0.2, 0) is 16.4 Å². The summed E-state index contributed by atoms with van der Waals surface area (Å²) in [5.74, 6) is -0.426. The first-order valence-corrected chi connectivity index (χ1v) is 11.2. The Bertz CT molecular complexity index is 1300. The molecule has 0 saturated carbocycles. The number of nitrogens with zero attached hydrogens (tertiary/aromatic N) is 2. The van der Waals surface area contributed by atoms with Gasteiger partial charge in [0.15, 0.2) is 15.0 Å². The lowest BCUT2D eigenvalue weighted by molar-refractivity contribution is 0.0983. The van der Waals surface area contributed by atoms with E-state index in [2.05, 4.69) is 4.98 Å². The van der Waals surface area contributed by atoms with Gasteiger partial charge < -0.3 is 4.42 Å². The Balaban J connectivity index is 1.79. The number of carbonyl (C=O) groups excluding carboxylic acids is 1. The Morgan fingerprint density at radius 3 is 2.69 bits per heavy atom. The first-order chi connectivity index (χ1) is 13.8. The summed E-state index contributed by atoms with van der Waals surface area (Å²) in [6.07, 6.45) is 2.63. The van der Waals surface area contributed by atoms with Gasteiger partial charge in [-0.1, -0.05) is 17.4 Å². The van der Waals surface area contributed by atoms with Gasteiger partial charge in [0.25, 0.3) is 5.91 Å². The number of carbonyl (C=O) groups is 1. The second kappa shape index (κ2) is 7.41. The molecule has 2 aromatic heterocycles. The molecular formula is C20H15FN2O4S2. The second-order valence-electron chi connectivity index (χ2n) is 6.38. The third-order valence-corrected chi connectivity index (χ3v) is 6.37. The fourth-order valence-electron chi connectivity index (χ4n) is 2.80. The maximum atomic E-state index is 13.6. The summed E-state index contributed by atoms with van der Waals surface area (Å²) < 4.78 is 43.3. The van der Waals surface area contributed by atoms with Gasteiger partial charge in [0.05, 0.1) is 27.9 Å². The Kier molecular flexibility index (Phi) is 4.93. The second-order valence-corrected chi connectivity index (χ2v) is 9.40. The number of fused-ring (bicyclic) bond motifs is 1. The number of rotatable bonds is 5. The highest BCUT2D eigenvalue weighted by Crippen LogP contribution is 2.32. The normalized spacial score (nSPS) is 11.7. The van der Waals surface area contributed by atoms with Gasteiger partial charge in [0.2, 0.25) is 0 Å². The summed E-state index contributed by atoms with van der Waals surface area (Å²) in [7, 11) is -3.37. The summed E-state index contributed by atoms with van der Waals surface area (Å²) in [5, 5.41) is 0.358. The van der Waals surface area contributed by atoms with E-state index in [0.29, 0.717) is 21.1 Å². The smallest absolute Gasteiger partial charge is 0.260 e. The molecule has 0 bridgehead atoms. The molecule has 0 fully saturated rings. The Morgan fingerprint density at radius 2 is 2.00 bits per heavy atom. The summed E-state index contributed by atoms with van der Waals surface area (Å²) in [6, 6.07) is 13.4. The maximum absolute atomic E-state index is 13.6. The van der Waals surface area contributed by atoms with E-state index >= 15 is 0 Å². The molecule has 1 amide bonds. The molecule has 6 nitrogen and oxygen atoms in total. The van der Waals surface area contributed by atoms with Crippen molar-refractivity contribution < 1.29 is 22.0 Å². The van der Waals surface area contributed by atoms with Crippen molar-refractivity contribution in [2.24, 2.45) is 0 Å². The molecule has 0 atom stereocenters. The third kappa shape index (κ3) is 4.06. The Labute approximate surface area is 170 Å². The van der Waals surface area contributed by atoms with Crippen LogP contribution in [0.1, 0.15) is 16.1 Å². The molecule has 0 aliphatic rings. The van der Waals surface area contributed by atoms with Crippen LogP contribution in [0, 0.1) is 5.82 Å². The molecule has 2 heterocycles. The van der Waals surface area contributed by atoms with Crippen LogP contribution < -0.4 is 4.90 Å². The van der Waals surface area contributed by atoms with Crippen molar-refractivity contribution in [3.8, 4) is 0 Å². The molecule has 9 heteroatoms. The minimum Gasteiger partial charge on any atom is -0.467 e. The van der Waals surface area contributed by atoms with Crippen molar-refractivity contribution >= 4 is 42.4 Å². The van der Waals surface area contributed by atoms with E-state index in [1.165, 1.54) is 52.8 Å². The molecule has 0 saturated heterocycles. The van der Waals surface area contributed by atoms with Crippen LogP contribution in [0.5, 0.6) is 0 Å². The lowest BCUT2D eigenvalue weighted by atomic mass is 10.2. The third-order valence-electron chi connectivity index (χ3n) is 4.22. The number of amides is 1. The first-order valence-electron chi connectivity index (χ1n) is 8.52. The quantitative estimate of drug-likeness (QED) is 0.472. The standard InChI is InChI=1S/C20H15FN2O4S2/c1-29(25,26)16-7-8-17-18(11-16)28-20(22-17)23(12-15-6-3-9-27-15)19(24)13-4-2-5-14(21)10-13/h2-11H,12H2,1H3. The number of aromatic nitrogens is 1. The molecule has 2 aromatic carbocycles. The highest BCUT2D eigenvalue weighted by molar-refractivity contribution is 7.90. The van der Waals surface area contributed by atoms with Crippen LogP contribution in [-0.4, -0.2) is 25.6 Å². The predicted octanol–water partition coefficient (Wildman–Crippen LogP) is 4.28. The van der Waals surface area contributed by atoms with Crippen molar-refractivity contribution in [3.05, 3.63) is 78.0 Å². The zero-order valence-electron chi connectivity index (χ0n) is 15.2. The molecule has 0 radical (unpaired) electrons. The number of halogens is 1. The average molecular weight is 430 g/mol. The minimum absolute atomic E-state index is 0.0983. The van der Waals surface area contributed by atoms with Gasteiger partial charge in [-0.25, -0.2) is 17.8 Å². The maximum Gasteiger partial charge on any atom is 0.260 e. The van der Waals surface area contributed by atoms with Gasteiger partial charge in [-0.05, 0) is 48.5 Å². The van der Waals surface area contributed by atoms with Crippen LogP contribution in [0.2, 0.25) is 0 Å². The highest BCUT2D eigenvalue weighted by Gasteiger charge is 2.23. The molecule has 29 heavy (non-hydrogen) atoms. The number of benzene rings is 2. The van der Waals surface area contributed by atoms with E-state index in [-0.39, 0.29) is 17.0 Å². The number of hydrogen-bond donors (Lipinski definition) is 0. The molecule has 0 unspecified atom stereocenters. The van der Waals surface area contributed by atoms with Gasteiger partial charge in [0, 0.05) is 11.8 Å². The molecule has 0 aliphatic carbocycles. The van der Waals surface area contributed by atoms with Crippen LogP contribution in [0.15, 0.2) is 70.2 Å². The predicted molar refractivity (Wildman–Crippen MR) is 108 cm³/mol. The lowest BCUT2D eigenvalue weighted by Crippen LogP contribution is -2.30. The van der Waals surface area contributed by atoms with E-state index in [1.807, 2.05) is 0 Å². The van der Waals surface area contributed by atoms with Crippen LogP contribution in [0.25, 0.3) is 10.2 Å². The Morgan fingerprint density at radius 1 is 1.17 bits per heavy atom. The average Bonchev–Trinajstić information content (AvgIpc) is 3.33. The molecular weight excluding hydrogens is 415 g/mol. The monoisotopic (exact) mass is 430 g/mol. The van der Waals surface area contributed by atoms with Crippen molar-refractivity contribution in [2.45, 2.75) is 11.4 Å². The lowest BCUT2D eigenvalue weighted by Gasteiger charge is -2.18. The zero-order valence-corrected chi connectivity index (χ0v) is 16.8. The van der Waals surface area contributed by atoms with E-state index in [1.54, 1.807) is 18.2 Å². The number of anilines is 1. The van der Waals surface area contributed by atoms with Crippen molar-refractivity contribution in [1.82, 2.24) is 4.98 Å². The van der Waals surface area contributed by atoms with Crippen molar-refractivity contribution in [1.29, 1.82) is 0 Å². The largest absolute Gasteiger partial charge is 0.467 e. The minimum atomic E-state index is -3.37. The van der Waals surface area contributed by atoms with E-state index in [4.69, 9.17) is 4.42 Å². The van der Waals surface area contributed by atoms with Crippen molar-refractivity contribution in [3.63, 3.8) is 0 Å². The van der Waals surface area contributed by atoms with Crippen LogP contribution in [0.4, 0.5) is 9.52 Å². The fourth-order valence-corrected chi connectivity index (χ4v) is 4.53. The first kappa shape index (κ1) is 19.3.